The minimum atomic E-state index is -0.584. The van der Waals surface area contributed by atoms with Gasteiger partial charge >= 0.3 is 0 Å². The van der Waals surface area contributed by atoms with Crippen molar-refractivity contribution in [2.75, 3.05) is 16.9 Å². The van der Waals surface area contributed by atoms with Gasteiger partial charge in [0.2, 0.25) is 5.91 Å². The van der Waals surface area contributed by atoms with E-state index in [1.807, 2.05) is 6.26 Å². The van der Waals surface area contributed by atoms with Crippen LogP contribution in [0.5, 0.6) is 0 Å². The van der Waals surface area contributed by atoms with E-state index in [4.69, 9.17) is 0 Å². The van der Waals surface area contributed by atoms with Gasteiger partial charge in [0.15, 0.2) is 0 Å². The summed E-state index contributed by atoms with van der Waals surface area (Å²) in [4.78, 5) is 35.2. The Labute approximate surface area is 149 Å². The quantitative estimate of drug-likeness (QED) is 0.480. The van der Waals surface area contributed by atoms with Gasteiger partial charge in [0.1, 0.15) is 5.56 Å². The van der Waals surface area contributed by atoms with Crippen molar-refractivity contribution in [1.29, 1.82) is 0 Å². The molecule has 0 aromatic heterocycles. The van der Waals surface area contributed by atoms with Crippen LogP contribution in [0.4, 0.5) is 17.1 Å². The van der Waals surface area contributed by atoms with Crippen LogP contribution in [-0.4, -0.2) is 23.0 Å². The molecule has 2 aromatic carbocycles. The number of nitrogens with one attached hydrogen (secondary N) is 2. The van der Waals surface area contributed by atoms with Crippen LogP contribution in [0, 0.1) is 17.0 Å². The highest BCUT2D eigenvalue weighted by atomic mass is 32.2. The molecule has 0 aliphatic carbocycles. The standard InChI is InChI=1S/C17H17N3O4S/c1-10-14(18-11(2)21)5-4-6-15(10)19-17(22)13-9-12(25-3)7-8-16(13)20(23)24/h4-9H,1-3H3,(H,18,21)(H,19,22). The minimum Gasteiger partial charge on any atom is -0.326 e. The highest BCUT2D eigenvalue weighted by Gasteiger charge is 2.21. The Morgan fingerprint density at radius 1 is 1.12 bits per heavy atom. The van der Waals surface area contributed by atoms with Crippen molar-refractivity contribution in [1.82, 2.24) is 0 Å². The molecule has 0 unspecified atom stereocenters. The number of benzene rings is 2. The molecule has 0 radical (unpaired) electrons. The fourth-order valence-corrected chi connectivity index (χ4v) is 2.71. The van der Waals surface area contributed by atoms with E-state index in [0.717, 1.165) is 4.90 Å². The van der Waals surface area contributed by atoms with Gasteiger partial charge in [-0.25, -0.2) is 0 Å². The molecular formula is C17H17N3O4S. The number of thioether (sulfide) groups is 1. The zero-order valence-electron chi connectivity index (χ0n) is 14.0. The number of hydrogen-bond acceptors (Lipinski definition) is 5. The summed E-state index contributed by atoms with van der Waals surface area (Å²) in [5.74, 6) is -0.805. The molecule has 0 aliphatic heterocycles. The second kappa shape index (κ2) is 7.80. The largest absolute Gasteiger partial charge is 0.326 e. The summed E-state index contributed by atoms with van der Waals surface area (Å²) in [6, 6.07) is 9.47. The lowest BCUT2D eigenvalue weighted by atomic mass is 10.1. The van der Waals surface area contributed by atoms with Crippen LogP contribution < -0.4 is 10.6 Å². The fourth-order valence-electron chi connectivity index (χ4n) is 2.27. The smallest absolute Gasteiger partial charge is 0.282 e. The maximum Gasteiger partial charge on any atom is 0.282 e. The van der Waals surface area contributed by atoms with Crippen LogP contribution in [0.25, 0.3) is 0 Å². The van der Waals surface area contributed by atoms with Gasteiger partial charge < -0.3 is 10.6 Å². The van der Waals surface area contributed by atoms with E-state index in [2.05, 4.69) is 10.6 Å². The second-order valence-electron chi connectivity index (χ2n) is 5.25. The number of anilines is 2. The lowest BCUT2D eigenvalue weighted by Crippen LogP contribution is -2.16. The predicted octanol–water partition coefficient (Wildman–Crippen LogP) is 3.84. The Hall–Kier alpha value is -2.87. The third kappa shape index (κ3) is 4.36. The molecule has 0 aliphatic rings. The summed E-state index contributed by atoms with van der Waals surface area (Å²) in [6.07, 6.45) is 1.82. The Morgan fingerprint density at radius 3 is 2.32 bits per heavy atom. The van der Waals surface area contributed by atoms with Gasteiger partial charge in [-0.3, -0.25) is 19.7 Å². The maximum absolute atomic E-state index is 12.6. The highest BCUT2D eigenvalue weighted by molar-refractivity contribution is 7.98. The van der Waals surface area contributed by atoms with Gasteiger partial charge in [-0.1, -0.05) is 6.07 Å². The molecule has 0 saturated carbocycles. The van der Waals surface area contributed by atoms with Crippen molar-refractivity contribution in [2.45, 2.75) is 18.7 Å². The lowest BCUT2D eigenvalue weighted by molar-refractivity contribution is -0.385. The van der Waals surface area contributed by atoms with Gasteiger partial charge in [-0.15, -0.1) is 11.8 Å². The molecule has 2 N–H and O–H groups in total. The average molecular weight is 359 g/mol. The Kier molecular flexibility index (Phi) is 5.76. The number of nitro groups is 1. The molecular weight excluding hydrogens is 342 g/mol. The molecule has 0 fully saturated rings. The van der Waals surface area contributed by atoms with E-state index in [1.54, 1.807) is 31.2 Å². The van der Waals surface area contributed by atoms with Crippen LogP contribution >= 0.6 is 11.8 Å². The number of nitro benzene ring substituents is 1. The van der Waals surface area contributed by atoms with Crippen LogP contribution in [0.1, 0.15) is 22.8 Å². The van der Waals surface area contributed by atoms with Gasteiger partial charge in [-0.05, 0) is 43.0 Å². The van der Waals surface area contributed by atoms with Crippen molar-refractivity contribution >= 4 is 40.6 Å². The lowest BCUT2D eigenvalue weighted by Gasteiger charge is -2.13. The van der Waals surface area contributed by atoms with E-state index in [9.17, 15) is 19.7 Å². The van der Waals surface area contributed by atoms with Gasteiger partial charge in [-0.2, -0.15) is 0 Å². The Morgan fingerprint density at radius 2 is 1.76 bits per heavy atom. The van der Waals surface area contributed by atoms with Crippen molar-refractivity contribution in [3.63, 3.8) is 0 Å². The van der Waals surface area contributed by atoms with Crippen LogP contribution in [0.15, 0.2) is 41.3 Å². The molecule has 2 aromatic rings. The van der Waals surface area contributed by atoms with Crippen LogP contribution in [0.2, 0.25) is 0 Å². The average Bonchev–Trinajstić information content (AvgIpc) is 2.57. The summed E-state index contributed by atoms with van der Waals surface area (Å²) in [5, 5.41) is 16.5. The molecule has 2 amide bonds. The van der Waals surface area contributed by atoms with E-state index in [0.29, 0.717) is 16.9 Å². The van der Waals surface area contributed by atoms with Crippen molar-refractivity contribution in [3.05, 3.63) is 57.6 Å². The third-order valence-electron chi connectivity index (χ3n) is 3.54. The van der Waals surface area contributed by atoms with E-state index >= 15 is 0 Å². The van der Waals surface area contributed by atoms with Crippen molar-refractivity contribution in [3.8, 4) is 0 Å². The minimum absolute atomic E-state index is 0.0128. The van der Waals surface area contributed by atoms with E-state index in [-0.39, 0.29) is 17.2 Å². The predicted molar refractivity (Wildman–Crippen MR) is 98.3 cm³/mol. The summed E-state index contributed by atoms with van der Waals surface area (Å²) in [6.45, 7) is 3.13. The Bertz CT molecular complexity index is 852. The Balaban J connectivity index is 2.37. The second-order valence-corrected chi connectivity index (χ2v) is 6.13. The van der Waals surface area contributed by atoms with Gasteiger partial charge in [0.25, 0.3) is 11.6 Å². The highest BCUT2D eigenvalue weighted by Crippen LogP contribution is 2.28. The number of carbonyl (C=O) groups excluding carboxylic acids is 2. The first kappa shape index (κ1) is 18.5. The fraction of sp³-hybridized carbons (Fsp3) is 0.176. The number of rotatable bonds is 5. The maximum atomic E-state index is 12.6. The summed E-state index contributed by atoms with van der Waals surface area (Å²) >= 11 is 1.39. The third-order valence-corrected chi connectivity index (χ3v) is 4.26. The van der Waals surface area contributed by atoms with Crippen LogP contribution in [0.3, 0.4) is 0 Å². The van der Waals surface area contributed by atoms with Crippen molar-refractivity contribution < 1.29 is 14.5 Å². The van der Waals surface area contributed by atoms with Crippen LogP contribution in [-0.2, 0) is 4.79 Å². The van der Waals surface area contributed by atoms with E-state index < -0.39 is 10.8 Å². The molecule has 0 bridgehead atoms. The van der Waals surface area contributed by atoms with Crippen molar-refractivity contribution in [2.24, 2.45) is 0 Å². The first-order valence-electron chi connectivity index (χ1n) is 7.34. The number of hydrogen-bond donors (Lipinski definition) is 2. The number of nitrogens with zero attached hydrogens (tertiary/aromatic N) is 1. The molecule has 25 heavy (non-hydrogen) atoms. The monoisotopic (exact) mass is 359 g/mol. The first-order chi connectivity index (χ1) is 11.8. The zero-order valence-corrected chi connectivity index (χ0v) is 14.8. The summed E-state index contributed by atoms with van der Waals surface area (Å²) < 4.78 is 0. The molecule has 2 rings (SSSR count). The van der Waals surface area contributed by atoms with E-state index in [1.165, 1.54) is 30.8 Å². The SMILES string of the molecule is CSc1ccc([N+](=O)[O-])c(C(=O)Nc2cccc(NC(C)=O)c2C)c1. The molecule has 8 heteroatoms. The topological polar surface area (TPSA) is 101 Å². The molecule has 130 valence electrons. The molecule has 0 heterocycles. The molecule has 7 nitrogen and oxygen atoms in total. The first-order valence-corrected chi connectivity index (χ1v) is 8.57. The normalized spacial score (nSPS) is 10.2. The molecule has 0 atom stereocenters. The molecule has 0 spiro atoms. The molecule has 0 saturated heterocycles. The van der Waals surface area contributed by atoms with Gasteiger partial charge in [0, 0.05) is 29.3 Å². The summed E-state index contributed by atoms with van der Waals surface area (Å²) in [5.41, 5.74) is 1.43. The summed E-state index contributed by atoms with van der Waals surface area (Å²) in [7, 11) is 0. The zero-order chi connectivity index (χ0) is 18.6. The van der Waals surface area contributed by atoms with Gasteiger partial charge in [0.05, 0.1) is 4.92 Å². The number of carbonyl (C=O) groups is 2. The number of amides is 2.